The molecule has 2 N–H and O–H groups in total. The molecule has 0 fully saturated rings. The van der Waals surface area contributed by atoms with Crippen molar-refractivity contribution in [3.05, 3.63) is 94.5 Å². The Kier molecular flexibility index (Phi) is 6.51. The van der Waals surface area contributed by atoms with Gasteiger partial charge < -0.3 is 10.2 Å². The molecule has 0 radical (unpaired) electrons. The molecule has 2 heterocycles. The minimum absolute atomic E-state index is 0.0255. The van der Waals surface area contributed by atoms with E-state index in [0.717, 1.165) is 23.6 Å². The Morgan fingerprint density at radius 3 is 2.36 bits per heavy atom. The zero-order chi connectivity index (χ0) is 28.1. The molecule has 1 unspecified atom stereocenters. The van der Waals surface area contributed by atoms with Crippen LogP contribution in [-0.2, 0) is 31.2 Å². The highest BCUT2D eigenvalue weighted by Gasteiger charge is 2.44. The number of nitrogens with zero attached hydrogens (tertiary/aromatic N) is 1. The molecule has 3 aromatic rings. The molecule has 39 heavy (non-hydrogen) atoms. The minimum Gasteiger partial charge on any atom is -0.356 e. The van der Waals surface area contributed by atoms with Gasteiger partial charge in [0.1, 0.15) is 17.6 Å². The SMILES string of the molecule is CCS(=O)(=O)Nc1ccc2c(c1)S(=O)(=O)C=C(C1C(=O)c3cc(F)ccc3N(Cc3ccc(F)cc3)C1=O)N2. The first-order valence-electron chi connectivity index (χ1n) is 11.7. The maximum Gasteiger partial charge on any atom is 0.244 e. The van der Waals surface area contributed by atoms with E-state index in [1.807, 2.05) is 0 Å². The predicted molar refractivity (Wildman–Crippen MR) is 140 cm³/mol. The first-order chi connectivity index (χ1) is 18.4. The number of nitrogens with one attached hydrogen (secondary N) is 2. The molecule has 13 heteroatoms. The predicted octanol–water partition coefficient (Wildman–Crippen LogP) is 3.81. The lowest BCUT2D eigenvalue weighted by Crippen LogP contribution is -2.46. The van der Waals surface area contributed by atoms with Crippen molar-refractivity contribution in [3.63, 3.8) is 0 Å². The molecule has 0 spiro atoms. The maximum atomic E-state index is 14.2. The minimum atomic E-state index is -4.24. The number of rotatable bonds is 6. The largest absolute Gasteiger partial charge is 0.356 e. The van der Waals surface area contributed by atoms with Crippen LogP contribution in [0.5, 0.6) is 0 Å². The normalized spacial score (nSPS) is 18.1. The van der Waals surface area contributed by atoms with Gasteiger partial charge in [-0.05, 0) is 61.0 Å². The number of carbonyl (C=O) groups is 2. The highest BCUT2D eigenvalue weighted by atomic mass is 32.2. The van der Waals surface area contributed by atoms with Crippen molar-refractivity contribution >= 4 is 48.6 Å². The van der Waals surface area contributed by atoms with Gasteiger partial charge in [-0.1, -0.05) is 12.1 Å². The van der Waals surface area contributed by atoms with Crippen molar-refractivity contribution < 1.29 is 35.2 Å². The van der Waals surface area contributed by atoms with Crippen LogP contribution in [0.15, 0.2) is 76.7 Å². The summed E-state index contributed by atoms with van der Waals surface area (Å²) in [5.41, 5.74) is 0.369. The van der Waals surface area contributed by atoms with Crippen LogP contribution in [0.1, 0.15) is 22.8 Å². The number of sulfone groups is 1. The van der Waals surface area contributed by atoms with Crippen molar-refractivity contribution in [1.82, 2.24) is 0 Å². The number of amides is 1. The maximum absolute atomic E-state index is 14.2. The molecule has 1 atom stereocenters. The van der Waals surface area contributed by atoms with E-state index in [0.29, 0.717) is 5.56 Å². The Morgan fingerprint density at radius 2 is 1.67 bits per heavy atom. The topological polar surface area (TPSA) is 130 Å². The van der Waals surface area contributed by atoms with Crippen LogP contribution in [0.2, 0.25) is 0 Å². The van der Waals surface area contributed by atoms with Crippen LogP contribution in [-0.4, -0.2) is 34.3 Å². The van der Waals surface area contributed by atoms with E-state index in [1.165, 1.54) is 54.3 Å². The Bertz CT molecular complexity index is 1770. The van der Waals surface area contributed by atoms with Crippen molar-refractivity contribution in [2.75, 3.05) is 20.7 Å². The van der Waals surface area contributed by atoms with E-state index in [-0.39, 0.29) is 45.5 Å². The summed E-state index contributed by atoms with van der Waals surface area (Å²) in [6, 6.07) is 12.5. The fourth-order valence-electron chi connectivity index (χ4n) is 4.42. The Hall–Kier alpha value is -4.10. The molecule has 2 aliphatic heterocycles. The number of hydrogen-bond donors (Lipinski definition) is 2. The van der Waals surface area contributed by atoms with E-state index in [9.17, 15) is 35.2 Å². The summed E-state index contributed by atoms with van der Waals surface area (Å²) in [6.07, 6.45) is 0. The highest BCUT2D eigenvalue weighted by molar-refractivity contribution is 7.94. The Balaban J connectivity index is 1.55. The average Bonchev–Trinajstić information content (AvgIpc) is 2.88. The van der Waals surface area contributed by atoms with Crippen LogP contribution in [0.4, 0.5) is 25.8 Å². The molecule has 5 rings (SSSR count). The summed E-state index contributed by atoms with van der Waals surface area (Å²) in [6.45, 7) is 1.34. The molecule has 0 saturated heterocycles. The Labute approximate surface area is 223 Å². The number of anilines is 3. The first-order valence-corrected chi connectivity index (χ1v) is 14.9. The van der Waals surface area contributed by atoms with Gasteiger partial charge in [-0.25, -0.2) is 25.6 Å². The number of hydrogen-bond acceptors (Lipinski definition) is 7. The molecule has 202 valence electrons. The van der Waals surface area contributed by atoms with E-state index in [4.69, 9.17) is 0 Å². The summed E-state index contributed by atoms with van der Waals surface area (Å²) in [5.74, 6) is -4.61. The monoisotopic (exact) mass is 573 g/mol. The zero-order valence-electron chi connectivity index (χ0n) is 20.3. The van der Waals surface area contributed by atoms with Gasteiger partial charge in [-0.2, -0.15) is 0 Å². The Morgan fingerprint density at radius 1 is 0.974 bits per heavy atom. The number of fused-ring (bicyclic) bond motifs is 2. The molecular weight excluding hydrogens is 552 g/mol. The molecule has 0 aromatic heterocycles. The number of Topliss-reactive ketones (excluding diaryl/α,β-unsaturated/α-hetero) is 1. The number of carbonyl (C=O) groups excluding carboxylic acids is 2. The summed E-state index contributed by atoms with van der Waals surface area (Å²) in [5, 5.41) is 3.56. The van der Waals surface area contributed by atoms with Crippen molar-refractivity contribution in [2.45, 2.75) is 18.4 Å². The summed E-state index contributed by atoms with van der Waals surface area (Å²) < 4.78 is 80.1. The number of halogens is 2. The van der Waals surface area contributed by atoms with Crippen molar-refractivity contribution in [3.8, 4) is 0 Å². The molecular formula is C26H21F2N3O6S2. The van der Waals surface area contributed by atoms with E-state index < -0.39 is 49.1 Å². The van der Waals surface area contributed by atoms with E-state index in [1.54, 1.807) is 0 Å². The van der Waals surface area contributed by atoms with E-state index >= 15 is 0 Å². The second kappa shape index (κ2) is 9.58. The van der Waals surface area contributed by atoms with Gasteiger partial charge in [0.25, 0.3) is 0 Å². The highest BCUT2D eigenvalue weighted by Crippen LogP contribution is 2.40. The summed E-state index contributed by atoms with van der Waals surface area (Å²) >= 11 is 0. The van der Waals surface area contributed by atoms with Crippen LogP contribution in [0, 0.1) is 17.6 Å². The van der Waals surface area contributed by atoms with Gasteiger partial charge in [0.2, 0.25) is 25.8 Å². The molecule has 1 amide bonds. The van der Waals surface area contributed by atoms with E-state index in [2.05, 4.69) is 10.0 Å². The standard InChI is InChI=1S/C26H21F2N3O6S2/c1-2-39(36,37)30-18-8-9-20-23(12-18)38(34,35)14-21(29-20)24-25(32)19-11-17(28)7-10-22(19)31(26(24)33)13-15-3-5-16(27)6-4-15/h3-12,14,24,29-30H,2,13H2,1H3. The van der Waals surface area contributed by atoms with Gasteiger partial charge >= 0.3 is 0 Å². The molecule has 0 bridgehead atoms. The lowest BCUT2D eigenvalue weighted by molar-refractivity contribution is -0.120. The fraction of sp³-hybridized carbons (Fsp3) is 0.154. The first kappa shape index (κ1) is 26.5. The summed E-state index contributed by atoms with van der Waals surface area (Å²) in [7, 11) is -7.91. The third-order valence-electron chi connectivity index (χ3n) is 6.36. The van der Waals surface area contributed by atoms with Gasteiger partial charge in [0, 0.05) is 16.9 Å². The van der Waals surface area contributed by atoms with Gasteiger partial charge in [-0.3, -0.25) is 14.3 Å². The molecule has 0 saturated carbocycles. The van der Waals surface area contributed by atoms with Gasteiger partial charge in [0.15, 0.2) is 5.78 Å². The number of benzene rings is 3. The summed E-state index contributed by atoms with van der Waals surface area (Å²) in [4.78, 5) is 28.1. The fourth-order valence-corrected chi connectivity index (χ4v) is 6.43. The zero-order valence-corrected chi connectivity index (χ0v) is 21.9. The lowest BCUT2D eigenvalue weighted by atomic mass is 9.87. The van der Waals surface area contributed by atoms with Crippen LogP contribution in [0.25, 0.3) is 0 Å². The second-order valence-corrected chi connectivity index (χ2v) is 12.7. The molecule has 2 aliphatic rings. The van der Waals surface area contributed by atoms with Crippen LogP contribution in [0.3, 0.4) is 0 Å². The van der Waals surface area contributed by atoms with Gasteiger partial charge in [0.05, 0.1) is 34.0 Å². The molecule has 3 aromatic carbocycles. The number of sulfonamides is 1. The lowest BCUT2D eigenvalue weighted by Gasteiger charge is -2.35. The van der Waals surface area contributed by atoms with Gasteiger partial charge in [-0.15, -0.1) is 0 Å². The van der Waals surface area contributed by atoms with Crippen molar-refractivity contribution in [1.29, 1.82) is 0 Å². The average molecular weight is 574 g/mol. The molecule has 9 nitrogen and oxygen atoms in total. The second-order valence-electron chi connectivity index (χ2n) is 8.97. The van der Waals surface area contributed by atoms with Crippen LogP contribution >= 0.6 is 0 Å². The number of ketones is 1. The third-order valence-corrected chi connectivity index (χ3v) is 9.18. The van der Waals surface area contributed by atoms with Crippen LogP contribution < -0.4 is 14.9 Å². The smallest absolute Gasteiger partial charge is 0.244 e. The molecule has 0 aliphatic carbocycles. The third kappa shape index (κ3) is 5.02. The van der Waals surface area contributed by atoms with Crippen molar-refractivity contribution in [2.24, 2.45) is 5.92 Å². The quantitative estimate of drug-likeness (QED) is 0.429.